The molecule has 0 spiro atoms. The Morgan fingerprint density at radius 3 is 1.79 bits per heavy atom. The number of ether oxygens (including phenoxy) is 1. The van der Waals surface area contributed by atoms with E-state index in [2.05, 4.69) is 0 Å². The van der Waals surface area contributed by atoms with E-state index in [0.717, 1.165) is 30.3 Å². The zero-order chi connectivity index (χ0) is 28.5. The molecule has 39 heavy (non-hydrogen) atoms. The fourth-order valence-corrected chi connectivity index (χ4v) is 3.99. The third-order valence-electron chi connectivity index (χ3n) is 5.93. The highest BCUT2D eigenvalue weighted by Crippen LogP contribution is 2.43. The number of benzene rings is 3. The number of carbonyl (C=O) groups excluding carboxylic acids is 2. The fraction of sp³-hybridized carbons (Fsp3) is 0.0714. The van der Waals surface area contributed by atoms with Crippen LogP contribution in [0.4, 0.5) is 0 Å². The molecule has 3 aromatic carbocycles. The molecule has 8 N–H and O–H groups in total. The van der Waals surface area contributed by atoms with Gasteiger partial charge >= 0.3 is 5.97 Å². The van der Waals surface area contributed by atoms with Crippen molar-refractivity contribution in [1.29, 1.82) is 0 Å². The van der Waals surface area contributed by atoms with Crippen molar-refractivity contribution in [1.82, 2.24) is 0 Å². The van der Waals surface area contributed by atoms with Crippen LogP contribution in [0.1, 0.15) is 32.7 Å². The second kappa shape index (κ2) is 10.1. The standard InChI is InChI=1S/C28H22O11/c29-17-3-1-14(2-4-17)5-6-28(26(37)15-7-20(31)24(35)21(32)8-15)12-18(30)11-19(13-28)39-27(38)16-9-22(33)25(36)23(34)10-16/h1-12,29-36H,13H2. The van der Waals surface area contributed by atoms with E-state index in [1.807, 2.05) is 0 Å². The SMILES string of the molecule is O=C(OC1=CC(O)=CC(C=Cc2ccc(O)cc2)(C(=O)c2cc(O)c(O)c(O)c2)C1)c1cc(O)c(O)c(O)c1. The fourth-order valence-electron chi connectivity index (χ4n) is 3.99. The van der Waals surface area contributed by atoms with Crippen molar-refractivity contribution in [2.45, 2.75) is 6.42 Å². The van der Waals surface area contributed by atoms with E-state index in [1.165, 1.54) is 30.4 Å². The van der Waals surface area contributed by atoms with Crippen molar-refractivity contribution < 1.29 is 55.2 Å². The predicted molar refractivity (Wildman–Crippen MR) is 136 cm³/mol. The molecule has 0 radical (unpaired) electrons. The number of rotatable bonds is 6. The lowest BCUT2D eigenvalue weighted by Crippen LogP contribution is -2.31. The molecule has 0 aromatic heterocycles. The van der Waals surface area contributed by atoms with Gasteiger partial charge in [0.05, 0.1) is 11.0 Å². The van der Waals surface area contributed by atoms with Crippen molar-refractivity contribution >= 4 is 17.8 Å². The molecule has 0 heterocycles. The summed E-state index contributed by atoms with van der Waals surface area (Å²) in [5, 5.41) is 78.6. The van der Waals surface area contributed by atoms with Crippen LogP contribution in [0.25, 0.3) is 6.08 Å². The third kappa shape index (κ3) is 5.42. The number of hydrogen-bond acceptors (Lipinski definition) is 11. The molecule has 0 aliphatic heterocycles. The van der Waals surface area contributed by atoms with E-state index in [-0.39, 0.29) is 29.1 Å². The van der Waals surface area contributed by atoms with Crippen LogP contribution in [0.15, 0.2) is 78.3 Å². The Morgan fingerprint density at radius 2 is 1.26 bits per heavy atom. The summed E-state index contributed by atoms with van der Waals surface area (Å²) >= 11 is 0. The van der Waals surface area contributed by atoms with Crippen molar-refractivity contribution in [3.8, 4) is 40.2 Å². The van der Waals surface area contributed by atoms with Gasteiger partial charge in [-0.3, -0.25) is 4.79 Å². The second-order valence-electron chi connectivity index (χ2n) is 8.77. The quantitative estimate of drug-likeness (QED) is 0.128. The van der Waals surface area contributed by atoms with Crippen LogP contribution in [-0.4, -0.2) is 52.6 Å². The lowest BCUT2D eigenvalue weighted by molar-refractivity contribution is 0.0585. The van der Waals surface area contributed by atoms with Crippen molar-refractivity contribution in [2.75, 3.05) is 0 Å². The van der Waals surface area contributed by atoms with Crippen LogP contribution in [0.3, 0.4) is 0 Å². The summed E-state index contributed by atoms with van der Waals surface area (Å²) in [4.78, 5) is 26.5. The molecule has 11 heteroatoms. The van der Waals surface area contributed by atoms with E-state index in [9.17, 15) is 50.4 Å². The molecule has 0 saturated heterocycles. The summed E-state index contributed by atoms with van der Waals surface area (Å²) < 4.78 is 5.33. The number of ketones is 1. The summed E-state index contributed by atoms with van der Waals surface area (Å²) in [7, 11) is 0. The average Bonchev–Trinajstić information content (AvgIpc) is 2.88. The van der Waals surface area contributed by atoms with Gasteiger partial charge in [0, 0.05) is 18.1 Å². The lowest BCUT2D eigenvalue weighted by Gasteiger charge is -2.30. The minimum atomic E-state index is -1.75. The first-order valence-electron chi connectivity index (χ1n) is 11.3. The number of aromatic hydroxyl groups is 7. The van der Waals surface area contributed by atoms with Crippen molar-refractivity contribution in [3.63, 3.8) is 0 Å². The largest absolute Gasteiger partial charge is 0.508 e. The van der Waals surface area contributed by atoms with Crippen LogP contribution >= 0.6 is 0 Å². The molecular formula is C28H22O11. The highest BCUT2D eigenvalue weighted by molar-refractivity contribution is 6.05. The summed E-state index contributed by atoms with van der Waals surface area (Å²) in [5.41, 5.74) is -1.79. The summed E-state index contributed by atoms with van der Waals surface area (Å²) in [6.07, 6.45) is 4.78. The average molecular weight is 534 g/mol. The molecule has 3 aromatic rings. The number of phenolic OH excluding ortho intramolecular Hbond substituents is 7. The van der Waals surface area contributed by atoms with Crippen LogP contribution in [-0.2, 0) is 4.74 Å². The Labute approximate surface area is 220 Å². The maximum Gasteiger partial charge on any atom is 0.343 e. The van der Waals surface area contributed by atoms with Gasteiger partial charge in [-0.05, 0) is 48.0 Å². The first-order valence-corrected chi connectivity index (χ1v) is 11.3. The number of phenols is 7. The van der Waals surface area contributed by atoms with E-state index >= 15 is 0 Å². The molecule has 0 amide bonds. The Kier molecular flexibility index (Phi) is 6.83. The molecule has 1 atom stereocenters. The van der Waals surface area contributed by atoms with Crippen LogP contribution in [0, 0.1) is 5.41 Å². The molecule has 0 bridgehead atoms. The van der Waals surface area contributed by atoms with Crippen molar-refractivity contribution in [3.05, 3.63) is 95.0 Å². The molecule has 1 unspecified atom stereocenters. The normalized spacial score (nSPS) is 16.9. The topological polar surface area (TPSA) is 205 Å². The van der Waals surface area contributed by atoms with E-state index < -0.39 is 57.4 Å². The number of hydrogen-bond donors (Lipinski definition) is 8. The Morgan fingerprint density at radius 1 is 0.744 bits per heavy atom. The highest BCUT2D eigenvalue weighted by Gasteiger charge is 2.40. The Hall–Kier alpha value is -5.58. The lowest BCUT2D eigenvalue weighted by atomic mass is 9.73. The van der Waals surface area contributed by atoms with E-state index in [0.29, 0.717) is 5.56 Å². The number of aliphatic hydroxyl groups excluding tert-OH is 1. The van der Waals surface area contributed by atoms with E-state index in [1.54, 1.807) is 12.1 Å². The summed E-state index contributed by atoms with van der Waals surface area (Å²) in [5.74, 6) is -7.31. The number of esters is 1. The number of carbonyl (C=O) groups is 2. The molecule has 11 nitrogen and oxygen atoms in total. The maximum absolute atomic E-state index is 13.8. The molecule has 1 aliphatic rings. The second-order valence-corrected chi connectivity index (χ2v) is 8.77. The predicted octanol–water partition coefficient (Wildman–Crippen LogP) is 4.09. The molecule has 4 rings (SSSR count). The first kappa shape index (κ1) is 26.5. The Bertz CT molecular complexity index is 1520. The minimum Gasteiger partial charge on any atom is -0.508 e. The molecule has 1 aliphatic carbocycles. The summed E-state index contributed by atoms with van der Waals surface area (Å²) in [6.45, 7) is 0. The van der Waals surface area contributed by atoms with Gasteiger partial charge in [0.2, 0.25) is 0 Å². The van der Waals surface area contributed by atoms with Gasteiger partial charge in [-0.15, -0.1) is 0 Å². The molecule has 200 valence electrons. The monoisotopic (exact) mass is 534 g/mol. The third-order valence-corrected chi connectivity index (χ3v) is 5.93. The number of allylic oxidation sites excluding steroid dienone is 4. The van der Waals surface area contributed by atoms with Crippen LogP contribution < -0.4 is 0 Å². The van der Waals surface area contributed by atoms with Crippen molar-refractivity contribution in [2.24, 2.45) is 5.41 Å². The Balaban J connectivity index is 1.74. The molecule has 0 fully saturated rings. The van der Waals surface area contributed by atoms with E-state index in [4.69, 9.17) is 4.74 Å². The molecular weight excluding hydrogens is 512 g/mol. The number of Topliss-reactive ketones (excluding diaryl/α,β-unsaturated/α-hetero) is 1. The number of aliphatic hydroxyl groups is 1. The zero-order valence-corrected chi connectivity index (χ0v) is 19.9. The van der Waals surface area contributed by atoms with Gasteiger partial charge < -0.3 is 45.6 Å². The van der Waals surface area contributed by atoms with Gasteiger partial charge in [0.1, 0.15) is 17.3 Å². The van der Waals surface area contributed by atoms with Gasteiger partial charge in [-0.2, -0.15) is 0 Å². The highest BCUT2D eigenvalue weighted by atomic mass is 16.5. The maximum atomic E-state index is 13.8. The molecule has 0 saturated carbocycles. The summed E-state index contributed by atoms with van der Waals surface area (Å²) in [6, 6.07) is 9.46. The van der Waals surface area contributed by atoms with Gasteiger partial charge in [0.25, 0.3) is 0 Å². The minimum absolute atomic E-state index is 0.00614. The van der Waals surface area contributed by atoms with Gasteiger partial charge in [0.15, 0.2) is 40.3 Å². The smallest absolute Gasteiger partial charge is 0.343 e. The first-order chi connectivity index (χ1) is 18.4. The van der Waals surface area contributed by atoms with Crippen LogP contribution in [0.5, 0.6) is 40.2 Å². The van der Waals surface area contributed by atoms with Crippen LogP contribution in [0.2, 0.25) is 0 Å². The van der Waals surface area contributed by atoms with Gasteiger partial charge in [-0.1, -0.05) is 24.3 Å². The van der Waals surface area contributed by atoms with Gasteiger partial charge in [-0.25, -0.2) is 4.79 Å². The zero-order valence-electron chi connectivity index (χ0n) is 19.9.